The monoisotopic (exact) mass is 307 g/mol. The predicted octanol–water partition coefficient (Wildman–Crippen LogP) is 2.59. The van der Waals surface area contributed by atoms with Gasteiger partial charge in [-0.05, 0) is 48.9 Å². The van der Waals surface area contributed by atoms with Crippen LogP contribution in [-0.4, -0.2) is 27.7 Å². The summed E-state index contributed by atoms with van der Waals surface area (Å²) in [6.07, 6.45) is 5.06. The van der Waals surface area contributed by atoms with Gasteiger partial charge < -0.3 is 5.11 Å². The molecule has 1 N–H and O–H groups in total. The van der Waals surface area contributed by atoms with Crippen LogP contribution in [0, 0.1) is 0 Å². The van der Waals surface area contributed by atoms with Crippen LogP contribution in [0.1, 0.15) is 22.8 Å². The molecule has 1 amide bonds. The molecule has 1 aromatic heterocycles. The van der Waals surface area contributed by atoms with Crippen molar-refractivity contribution in [2.75, 3.05) is 5.01 Å². The van der Waals surface area contributed by atoms with Crippen molar-refractivity contribution < 1.29 is 14.7 Å². The maximum Gasteiger partial charge on any atom is 0.335 e. The molecule has 0 saturated heterocycles. The maximum atomic E-state index is 12.5. The van der Waals surface area contributed by atoms with Crippen molar-refractivity contribution in [2.24, 2.45) is 5.10 Å². The van der Waals surface area contributed by atoms with Gasteiger partial charge in [0.15, 0.2) is 0 Å². The Labute approximate surface area is 132 Å². The number of carbonyl (C=O) groups is 2. The fourth-order valence-corrected chi connectivity index (χ4v) is 2.23. The van der Waals surface area contributed by atoms with E-state index in [2.05, 4.69) is 10.1 Å². The lowest BCUT2D eigenvalue weighted by Gasteiger charge is -2.11. The Hall–Kier alpha value is -3.28. The van der Waals surface area contributed by atoms with E-state index in [0.29, 0.717) is 17.0 Å². The summed E-state index contributed by atoms with van der Waals surface area (Å²) in [5.74, 6) is -1.27. The SMILES string of the molecule is CC1=NN(c2ccc(C(=O)O)cc2)C(=O)/C1=C\c1cccnc1. The summed E-state index contributed by atoms with van der Waals surface area (Å²) in [7, 11) is 0. The number of hydrogen-bond donors (Lipinski definition) is 1. The van der Waals surface area contributed by atoms with Gasteiger partial charge >= 0.3 is 5.97 Å². The molecule has 0 radical (unpaired) electrons. The van der Waals surface area contributed by atoms with Crippen LogP contribution in [0.4, 0.5) is 5.69 Å². The highest BCUT2D eigenvalue weighted by Gasteiger charge is 2.28. The quantitative estimate of drug-likeness (QED) is 0.883. The zero-order chi connectivity index (χ0) is 16.4. The summed E-state index contributed by atoms with van der Waals surface area (Å²) in [5.41, 5.74) is 2.58. The molecule has 0 bridgehead atoms. The molecule has 6 nitrogen and oxygen atoms in total. The number of pyridine rings is 1. The summed E-state index contributed by atoms with van der Waals surface area (Å²) < 4.78 is 0. The number of nitrogens with zero attached hydrogens (tertiary/aromatic N) is 3. The van der Waals surface area contributed by atoms with E-state index in [1.54, 1.807) is 43.6 Å². The van der Waals surface area contributed by atoms with E-state index < -0.39 is 5.97 Å². The van der Waals surface area contributed by atoms with Crippen LogP contribution in [0.3, 0.4) is 0 Å². The first-order valence-corrected chi connectivity index (χ1v) is 6.91. The molecule has 0 aliphatic carbocycles. The number of hydrogen-bond acceptors (Lipinski definition) is 4. The highest BCUT2D eigenvalue weighted by atomic mass is 16.4. The fourth-order valence-electron chi connectivity index (χ4n) is 2.23. The lowest BCUT2D eigenvalue weighted by molar-refractivity contribution is -0.114. The second-order valence-electron chi connectivity index (χ2n) is 5.00. The lowest BCUT2D eigenvalue weighted by Crippen LogP contribution is -2.21. The summed E-state index contributed by atoms with van der Waals surface area (Å²) in [5, 5.41) is 14.4. The van der Waals surface area contributed by atoms with Crippen LogP contribution in [0.5, 0.6) is 0 Å². The van der Waals surface area contributed by atoms with E-state index in [1.165, 1.54) is 17.1 Å². The van der Waals surface area contributed by atoms with Gasteiger partial charge in [0.2, 0.25) is 0 Å². The summed E-state index contributed by atoms with van der Waals surface area (Å²) >= 11 is 0. The van der Waals surface area contributed by atoms with Crippen molar-refractivity contribution in [3.05, 3.63) is 65.5 Å². The molecule has 0 atom stereocenters. The first-order valence-electron chi connectivity index (χ1n) is 6.91. The molecule has 1 aliphatic heterocycles. The van der Waals surface area contributed by atoms with Gasteiger partial charge in [0.25, 0.3) is 5.91 Å². The highest BCUT2D eigenvalue weighted by Crippen LogP contribution is 2.25. The van der Waals surface area contributed by atoms with Crippen molar-refractivity contribution in [3.8, 4) is 0 Å². The van der Waals surface area contributed by atoms with Crippen molar-refractivity contribution in [1.29, 1.82) is 0 Å². The average molecular weight is 307 g/mol. The zero-order valence-electron chi connectivity index (χ0n) is 12.3. The molecule has 2 heterocycles. The van der Waals surface area contributed by atoms with Gasteiger partial charge in [-0.1, -0.05) is 6.07 Å². The van der Waals surface area contributed by atoms with Gasteiger partial charge in [-0.25, -0.2) is 4.79 Å². The summed E-state index contributed by atoms with van der Waals surface area (Å²) in [6.45, 7) is 1.76. The second kappa shape index (κ2) is 5.84. The Balaban J connectivity index is 1.91. The van der Waals surface area contributed by atoms with Gasteiger partial charge in [0, 0.05) is 12.4 Å². The van der Waals surface area contributed by atoms with E-state index in [1.807, 2.05) is 6.07 Å². The van der Waals surface area contributed by atoms with Crippen LogP contribution >= 0.6 is 0 Å². The maximum absolute atomic E-state index is 12.5. The molecular weight excluding hydrogens is 294 g/mol. The molecule has 6 heteroatoms. The molecule has 23 heavy (non-hydrogen) atoms. The van der Waals surface area contributed by atoms with Crippen LogP contribution in [0.25, 0.3) is 6.08 Å². The molecule has 0 unspecified atom stereocenters. The van der Waals surface area contributed by atoms with Gasteiger partial charge in [0.1, 0.15) is 0 Å². The Morgan fingerprint density at radius 1 is 1.22 bits per heavy atom. The van der Waals surface area contributed by atoms with E-state index in [4.69, 9.17) is 5.11 Å². The predicted molar refractivity (Wildman–Crippen MR) is 86.2 cm³/mol. The van der Waals surface area contributed by atoms with Gasteiger partial charge in [-0.15, -0.1) is 0 Å². The second-order valence-corrected chi connectivity index (χ2v) is 5.00. The molecule has 114 valence electrons. The Morgan fingerprint density at radius 2 is 1.96 bits per heavy atom. The average Bonchev–Trinajstić information content (AvgIpc) is 2.84. The number of anilines is 1. The highest BCUT2D eigenvalue weighted by molar-refractivity contribution is 6.32. The van der Waals surface area contributed by atoms with Gasteiger partial charge in [-0.2, -0.15) is 10.1 Å². The lowest BCUT2D eigenvalue weighted by atomic mass is 10.1. The van der Waals surface area contributed by atoms with E-state index in [-0.39, 0.29) is 11.5 Å². The van der Waals surface area contributed by atoms with Gasteiger partial charge in [0.05, 0.1) is 22.5 Å². The Kier molecular flexibility index (Phi) is 3.72. The van der Waals surface area contributed by atoms with E-state index >= 15 is 0 Å². The number of amides is 1. The minimum absolute atomic E-state index is 0.159. The summed E-state index contributed by atoms with van der Waals surface area (Å²) in [6, 6.07) is 9.65. The smallest absolute Gasteiger partial charge is 0.335 e. The van der Waals surface area contributed by atoms with Crippen LogP contribution in [0.2, 0.25) is 0 Å². The summed E-state index contributed by atoms with van der Waals surface area (Å²) in [4.78, 5) is 27.4. The Bertz CT molecular complexity index is 824. The van der Waals surface area contributed by atoms with Crippen LogP contribution < -0.4 is 5.01 Å². The number of rotatable bonds is 3. The van der Waals surface area contributed by atoms with Crippen LogP contribution in [-0.2, 0) is 4.79 Å². The molecule has 1 aromatic carbocycles. The number of hydrazone groups is 1. The minimum atomic E-state index is -1.01. The first kappa shape index (κ1) is 14.6. The standard InChI is InChI=1S/C17H13N3O3/c1-11-15(9-12-3-2-8-18-10-12)16(21)20(19-11)14-6-4-13(5-7-14)17(22)23/h2-10H,1H3,(H,22,23)/b15-9-. The molecule has 1 aliphatic rings. The molecule has 2 aromatic rings. The molecule has 0 fully saturated rings. The number of carbonyl (C=O) groups excluding carboxylic acids is 1. The normalized spacial score (nSPS) is 15.9. The molecule has 3 rings (SSSR count). The van der Waals surface area contributed by atoms with E-state index in [9.17, 15) is 9.59 Å². The largest absolute Gasteiger partial charge is 0.478 e. The number of carboxylic acids is 1. The van der Waals surface area contributed by atoms with Crippen molar-refractivity contribution in [2.45, 2.75) is 6.92 Å². The molecular formula is C17H13N3O3. The third-order valence-electron chi connectivity index (χ3n) is 3.42. The Morgan fingerprint density at radius 3 is 2.57 bits per heavy atom. The zero-order valence-corrected chi connectivity index (χ0v) is 12.3. The number of aromatic nitrogens is 1. The number of carboxylic acid groups (broad SMARTS) is 1. The molecule has 0 spiro atoms. The minimum Gasteiger partial charge on any atom is -0.478 e. The van der Waals surface area contributed by atoms with Crippen LogP contribution in [0.15, 0.2) is 59.5 Å². The first-order chi connectivity index (χ1) is 11.1. The fraction of sp³-hybridized carbons (Fsp3) is 0.0588. The number of benzene rings is 1. The van der Waals surface area contributed by atoms with E-state index in [0.717, 1.165) is 5.56 Å². The third kappa shape index (κ3) is 2.87. The van der Waals surface area contributed by atoms with Gasteiger partial charge in [-0.3, -0.25) is 9.78 Å². The van der Waals surface area contributed by atoms with Crippen molar-refractivity contribution in [1.82, 2.24) is 4.98 Å². The van der Waals surface area contributed by atoms with Crippen molar-refractivity contribution >= 4 is 29.4 Å². The number of aromatic carboxylic acids is 1. The topological polar surface area (TPSA) is 82.9 Å². The molecule has 0 saturated carbocycles. The van der Waals surface area contributed by atoms with Crippen molar-refractivity contribution in [3.63, 3.8) is 0 Å². The third-order valence-corrected chi connectivity index (χ3v) is 3.42.